The first-order valence-electron chi connectivity index (χ1n) is 8.22. The molecular weight excluding hydrogens is 354 g/mol. The van der Waals surface area contributed by atoms with E-state index in [9.17, 15) is 4.79 Å². The predicted molar refractivity (Wildman–Crippen MR) is 104 cm³/mol. The number of carbonyl (C=O) groups excluding carboxylic acids is 1. The number of nitrogens with one attached hydrogen (secondary N) is 1. The molecule has 0 aliphatic rings. The van der Waals surface area contributed by atoms with E-state index in [0.717, 1.165) is 0 Å². The lowest BCUT2D eigenvalue weighted by atomic mass is 10.2. The van der Waals surface area contributed by atoms with E-state index in [-0.39, 0.29) is 12.0 Å². The van der Waals surface area contributed by atoms with E-state index < -0.39 is 0 Å². The average molecular weight is 376 g/mol. The van der Waals surface area contributed by atoms with Gasteiger partial charge in [0.1, 0.15) is 0 Å². The largest absolute Gasteiger partial charge is 0.490 e. The molecule has 0 radical (unpaired) electrons. The molecule has 2 aromatic carbocycles. The summed E-state index contributed by atoms with van der Waals surface area (Å²) in [5, 5.41) is 4.38. The third kappa shape index (κ3) is 5.39. The number of nitrogens with zero attached hydrogens (tertiary/aromatic N) is 1. The average Bonchev–Trinajstić information content (AvgIpc) is 2.58. The second kappa shape index (κ2) is 9.10. The monoisotopic (exact) mass is 375 g/mol. The number of hydrazone groups is 1. The maximum atomic E-state index is 12.0. The summed E-state index contributed by atoms with van der Waals surface area (Å²) in [4.78, 5) is 12.0. The summed E-state index contributed by atoms with van der Waals surface area (Å²) in [6.07, 6.45) is 1.45. The van der Waals surface area contributed by atoms with Gasteiger partial charge in [0, 0.05) is 11.3 Å². The van der Waals surface area contributed by atoms with Crippen LogP contribution in [-0.2, 0) is 0 Å². The van der Waals surface area contributed by atoms with Crippen molar-refractivity contribution in [2.45, 2.75) is 26.9 Å². The molecule has 7 heteroatoms. The summed E-state index contributed by atoms with van der Waals surface area (Å²) in [5.74, 6) is 0.684. The lowest BCUT2D eigenvalue weighted by Crippen LogP contribution is -2.17. The van der Waals surface area contributed by atoms with Crippen LogP contribution < -0.4 is 20.6 Å². The Balaban J connectivity index is 2.14. The Morgan fingerprint density at radius 3 is 2.62 bits per heavy atom. The van der Waals surface area contributed by atoms with Crippen LogP contribution in [0.3, 0.4) is 0 Å². The van der Waals surface area contributed by atoms with E-state index in [1.54, 1.807) is 36.4 Å². The number of rotatable bonds is 7. The Bertz CT molecular complexity index is 789. The van der Waals surface area contributed by atoms with Crippen molar-refractivity contribution in [1.82, 2.24) is 5.43 Å². The van der Waals surface area contributed by atoms with Crippen LogP contribution in [-0.4, -0.2) is 24.8 Å². The Hall–Kier alpha value is -2.73. The SMILES string of the molecule is CCOc1cc(/C=N\NC(=O)c2ccc(N)cc2)cc(Cl)c1OC(C)C. The number of benzene rings is 2. The maximum Gasteiger partial charge on any atom is 0.271 e. The van der Waals surface area contributed by atoms with Gasteiger partial charge in [0.05, 0.1) is 23.9 Å². The van der Waals surface area contributed by atoms with Crippen molar-refractivity contribution in [3.05, 3.63) is 52.5 Å². The van der Waals surface area contributed by atoms with Crippen LogP contribution in [0.1, 0.15) is 36.7 Å². The van der Waals surface area contributed by atoms with E-state index in [4.69, 9.17) is 26.8 Å². The summed E-state index contributed by atoms with van der Waals surface area (Å²) in [6.45, 7) is 6.17. The van der Waals surface area contributed by atoms with Gasteiger partial charge in [-0.2, -0.15) is 5.10 Å². The topological polar surface area (TPSA) is 85.9 Å². The quantitative estimate of drug-likeness (QED) is 0.437. The zero-order chi connectivity index (χ0) is 19.1. The van der Waals surface area contributed by atoms with Crippen molar-refractivity contribution in [3.63, 3.8) is 0 Å². The summed E-state index contributed by atoms with van der Waals surface area (Å²) in [7, 11) is 0. The standard InChI is InChI=1S/C19H22ClN3O3/c1-4-25-17-10-13(9-16(20)18(17)26-12(2)3)11-22-23-19(24)14-5-7-15(21)8-6-14/h5-12H,4,21H2,1-3H3,(H,23,24)/b22-11-. The number of nitrogens with two attached hydrogens (primary N) is 1. The summed E-state index contributed by atoms with van der Waals surface area (Å²) in [6, 6.07) is 10.0. The molecular formula is C19H22ClN3O3. The minimum atomic E-state index is -0.336. The van der Waals surface area contributed by atoms with Gasteiger partial charge in [0.15, 0.2) is 11.5 Å². The molecule has 1 amide bonds. The molecule has 2 rings (SSSR count). The highest BCUT2D eigenvalue weighted by Gasteiger charge is 2.13. The molecule has 0 heterocycles. The number of ether oxygens (including phenoxy) is 2. The van der Waals surface area contributed by atoms with Crippen LogP contribution in [0.2, 0.25) is 5.02 Å². The van der Waals surface area contributed by atoms with E-state index >= 15 is 0 Å². The molecule has 0 saturated heterocycles. The second-order valence-electron chi connectivity index (χ2n) is 5.75. The first kappa shape index (κ1) is 19.6. The molecule has 0 aromatic heterocycles. The first-order valence-corrected chi connectivity index (χ1v) is 8.60. The van der Waals surface area contributed by atoms with Gasteiger partial charge in [-0.15, -0.1) is 0 Å². The fraction of sp³-hybridized carbons (Fsp3) is 0.263. The van der Waals surface area contributed by atoms with Crippen LogP contribution in [0.25, 0.3) is 0 Å². The van der Waals surface area contributed by atoms with Gasteiger partial charge in [-0.3, -0.25) is 4.79 Å². The molecule has 0 atom stereocenters. The highest BCUT2D eigenvalue weighted by atomic mass is 35.5. The lowest BCUT2D eigenvalue weighted by Gasteiger charge is -2.16. The fourth-order valence-electron chi connectivity index (χ4n) is 2.14. The fourth-order valence-corrected chi connectivity index (χ4v) is 2.40. The molecule has 0 spiro atoms. The summed E-state index contributed by atoms with van der Waals surface area (Å²) in [5.41, 5.74) is 9.79. The smallest absolute Gasteiger partial charge is 0.271 e. The summed E-state index contributed by atoms with van der Waals surface area (Å²) >= 11 is 6.30. The van der Waals surface area contributed by atoms with E-state index in [0.29, 0.717) is 39.9 Å². The molecule has 6 nitrogen and oxygen atoms in total. The number of amides is 1. The number of hydrogen-bond acceptors (Lipinski definition) is 5. The normalized spacial score (nSPS) is 11.0. The minimum Gasteiger partial charge on any atom is -0.490 e. The Kier molecular flexibility index (Phi) is 6.86. The van der Waals surface area contributed by atoms with Gasteiger partial charge in [0.25, 0.3) is 5.91 Å². The molecule has 3 N–H and O–H groups in total. The molecule has 0 unspecified atom stereocenters. The van der Waals surface area contributed by atoms with Crippen molar-refractivity contribution >= 4 is 29.4 Å². The Labute approximate surface area is 157 Å². The number of nitrogen functional groups attached to an aromatic ring is 1. The highest BCUT2D eigenvalue weighted by Crippen LogP contribution is 2.37. The van der Waals surface area contributed by atoms with Crippen LogP contribution in [0, 0.1) is 0 Å². The number of hydrogen-bond donors (Lipinski definition) is 2. The molecule has 0 bridgehead atoms. The lowest BCUT2D eigenvalue weighted by molar-refractivity contribution is 0.0955. The third-order valence-electron chi connectivity index (χ3n) is 3.24. The van der Waals surface area contributed by atoms with Gasteiger partial charge < -0.3 is 15.2 Å². The van der Waals surface area contributed by atoms with Gasteiger partial charge in [-0.25, -0.2) is 5.43 Å². The van der Waals surface area contributed by atoms with Crippen molar-refractivity contribution < 1.29 is 14.3 Å². The molecule has 0 aliphatic carbocycles. The molecule has 2 aromatic rings. The van der Waals surface area contributed by atoms with Gasteiger partial charge in [-0.05, 0) is 62.7 Å². The van der Waals surface area contributed by atoms with Gasteiger partial charge in [0.2, 0.25) is 0 Å². The van der Waals surface area contributed by atoms with E-state index in [1.807, 2.05) is 20.8 Å². The molecule has 26 heavy (non-hydrogen) atoms. The number of carbonyl (C=O) groups is 1. The predicted octanol–water partition coefficient (Wildman–Crippen LogP) is 3.87. The highest BCUT2D eigenvalue weighted by molar-refractivity contribution is 6.32. The Morgan fingerprint density at radius 1 is 1.31 bits per heavy atom. The molecule has 0 saturated carbocycles. The molecule has 0 aliphatic heterocycles. The zero-order valence-corrected chi connectivity index (χ0v) is 15.7. The molecule has 138 valence electrons. The van der Waals surface area contributed by atoms with Crippen molar-refractivity contribution in [2.24, 2.45) is 5.10 Å². The minimum absolute atomic E-state index is 0.0366. The number of halogens is 1. The summed E-state index contributed by atoms with van der Waals surface area (Å²) < 4.78 is 11.3. The van der Waals surface area contributed by atoms with Crippen molar-refractivity contribution in [2.75, 3.05) is 12.3 Å². The van der Waals surface area contributed by atoms with Crippen molar-refractivity contribution in [3.8, 4) is 11.5 Å². The second-order valence-corrected chi connectivity index (χ2v) is 6.16. The maximum absolute atomic E-state index is 12.0. The third-order valence-corrected chi connectivity index (χ3v) is 3.52. The van der Waals surface area contributed by atoms with Crippen LogP contribution in [0.5, 0.6) is 11.5 Å². The van der Waals surface area contributed by atoms with E-state index in [2.05, 4.69) is 10.5 Å². The van der Waals surface area contributed by atoms with E-state index in [1.165, 1.54) is 6.21 Å². The molecule has 0 fully saturated rings. The zero-order valence-electron chi connectivity index (χ0n) is 15.0. The van der Waals surface area contributed by atoms with Crippen molar-refractivity contribution in [1.29, 1.82) is 0 Å². The van der Waals surface area contributed by atoms with Gasteiger partial charge >= 0.3 is 0 Å². The first-order chi connectivity index (χ1) is 12.4. The van der Waals surface area contributed by atoms with Gasteiger partial charge in [-0.1, -0.05) is 11.6 Å². The van der Waals surface area contributed by atoms with Crippen LogP contribution in [0.4, 0.5) is 5.69 Å². The van der Waals surface area contributed by atoms with Crippen LogP contribution >= 0.6 is 11.6 Å². The number of anilines is 1. The Morgan fingerprint density at radius 2 is 2.00 bits per heavy atom. The van der Waals surface area contributed by atoms with Crippen LogP contribution in [0.15, 0.2) is 41.5 Å².